The lowest BCUT2D eigenvalue weighted by molar-refractivity contribution is -0.144. The molecule has 0 saturated carbocycles. The number of fused-ring (bicyclic) bond motifs is 1. The number of ether oxygens (including phenoxy) is 1. The molecule has 112 valence electrons. The van der Waals surface area contributed by atoms with Crippen molar-refractivity contribution < 1.29 is 14.6 Å². The summed E-state index contributed by atoms with van der Waals surface area (Å²) < 4.78 is 5.08. The average Bonchev–Trinajstić information content (AvgIpc) is 2.52. The van der Waals surface area contributed by atoms with Crippen molar-refractivity contribution in [1.82, 2.24) is 4.98 Å². The molecule has 2 aromatic rings. The largest absolute Gasteiger partial charge is 0.466 e. The molecule has 0 aliphatic heterocycles. The maximum atomic E-state index is 11.5. The van der Waals surface area contributed by atoms with E-state index in [1.165, 1.54) is 0 Å². The van der Waals surface area contributed by atoms with Gasteiger partial charge in [-0.15, -0.1) is 0 Å². The molecule has 1 atom stereocenters. The van der Waals surface area contributed by atoms with Gasteiger partial charge in [0.15, 0.2) is 0 Å². The molecular formula is C17H21NO3. The maximum Gasteiger partial charge on any atom is 0.305 e. The zero-order chi connectivity index (χ0) is 15.1. The summed E-state index contributed by atoms with van der Waals surface area (Å²) in [7, 11) is 0. The molecule has 21 heavy (non-hydrogen) atoms. The van der Waals surface area contributed by atoms with Gasteiger partial charge in [-0.3, -0.25) is 9.78 Å². The van der Waals surface area contributed by atoms with Gasteiger partial charge in [-0.05, 0) is 36.6 Å². The number of nitrogens with zero attached hydrogens (tertiary/aromatic N) is 1. The van der Waals surface area contributed by atoms with Crippen LogP contribution in [0.5, 0.6) is 0 Å². The predicted molar refractivity (Wildman–Crippen MR) is 81.8 cm³/mol. The highest BCUT2D eigenvalue weighted by Gasteiger charge is 2.12. The van der Waals surface area contributed by atoms with Crippen molar-refractivity contribution in [2.24, 2.45) is 0 Å². The van der Waals surface area contributed by atoms with Gasteiger partial charge in [0.1, 0.15) is 0 Å². The van der Waals surface area contributed by atoms with Crippen LogP contribution < -0.4 is 0 Å². The molecule has 1 unspecified atom stereocenters. The number of benzene rings is 1. The van der Waals surface area contributed by atoms with Gasteiger partial charge in [0.05, 0.1) is 18.2 Å². The van der Waals surface area contributed by atoms with Crippen LogP contribution in [0.15, 0.2) is 36.5 Å². The highest BCUT2D eigenvalue weighted by Crippen LogP contribution is 2.22. The zero-order valence-electron chi connectivity index (χ0n) is 12.3. The molecule has 1 N–H and O–H groups in total. The third-order valence-corrected chi connectivity index (χ3v) is 3.39. The number of hydrogen-bond donors (Lipinski definition) is 1. The van der Waals surface area contributed by atoms with Gasteiger partial charge in [-0.2, -0.15) is 0 Å². The summed E-state index contributed by atoms with van der Waals surface area (Å²) in [5.41, 5.74) is 1.70. The van der Waals surface area contributed by atoms with Crippen LogP contribution in [0.4, 0.5) is 0 Å². The quantitative estimate of drug-likeness (QED) is 0.626. The molecule has 0 saturated heterocycles. The van der Waals surface area contributed by atoms with Gasteiger partial charge in [0.25, 0.3) is 0 Å². The predicted octanol–water partition coefficient (Wildman–Crippen LogP) is 3.39. The van der Waals surface area contributed by atoms with E-state index in [0.717, 1.165) is 29.3 Å². The van der Waals surface area contributed by atoms with Crippen LogP contribution in [0.1, 0.15) is 44.3 Å². The molecule has 0 radical (unpaired) electrons. The fraction of sp³-hybridized carbons (Fsp3) is 0.412. The third kappa shape index (κ3) is 4.53. The van der Waals surface area contributed by atoms with Crippen LogP contribution >= 0.6 is 0 Å². The summed E-state index contributed by atoms with van der Waals surface area (Å²) in [5.74, 6) is -0.245. The van der Waals surface area contributed by atoms with E-state index in [9.17, 15) is 9.90 Å². The van der Waals surface area contributed by atoms with E-state index in [1.807, 2.05) is 37.3 Å². The second kappa shape index (κ2) is 7.74. The number of carbonyl (C=O) groups is 1. The van der Waals surface area contributed by atoms with Crippen molar-refractivity contribution >= 4 is 16.9 Å². The van der Waals surface area contributed by atoms with E-state index < -0.39 is 6.10 Å². The Labute approximate surface area is 124 Å². The van der Waals surface area contributed by atoms with Crippen molar-refractivity contribution in [1.29, 1.82) is 0 Å². The molecule has 0 aliphatic carbocycles. The molecule has 4 heteroatoms. The van der Waals surface area contributed by atoms with Gasteiger partial charge >= 0.3 is 5.97 Å². The zero-order valence-corrected chi connectivity index (χ0v) is 12.3. The second-order valence-corrected chi connectivity index (χ2v) is 5.08. The molecule has 1 heterocycles. The van der Waals surface area contributed by atoms with Crippen molar-refractivity contribution in [3.63, 3.8) is 0 Å². The molecule has 0 aliphatic rings. The Morgan fingerprint density at radius 1 is 1.38 bits per heavy atom. The Bertz CT molecular complexity index is 597. The van der Waals surface area contributed by atoms with Gasteiger partial charge < -0.3 is 9.84 Å². The summed E-state index contributed by atoms with van der Waals surface area (Å²) >= 11 is 0. The Kier molecular flexibility index (Phi) is 5.69. The summed E-state index contributed by atoms with van der Waals surface area (Å²) in [6, 6.07) is 9.46. The molecular weight excluding hydrogens is 266 g/mol. The first-order valence-electron chi connectivity index (χ1n) is 7.39. The topological polar surface area (TPSA) is 59.4 Å². The minimum atomic E-state index is -0.659. The smallest absolute Gasteiger partial charge is 0.305 e. The molecule has 0 amide bonds. The summed E-state index contributed by atoms with van der Waals surface area (Å²) in [4.78, 5) is 15.8. The second-order valence-electron chi connectivity index (χ2n) is 5.08. The van der Waals surface area contributed by atoms with Crippen LogP contribution in [0.2, 0.25) is 0 Å². The monoisotopic (exact) mass is 287 g/mol. The lowest BCUT2D eigenvalue weighted by Gasteiger charge is -2.11. The number of pyridine rings is 1. The number of aliphatic hydroxyl groups excluding tert-OH is 1. The number of aliphatic hydroxyl groups is 1. The van der Waals surface area contributed by atoms with Crippen LogP contribution in [0.3, 0.4) is 0 Å². The van der Waals surface area contributed by atoms with E-state index >= 15 is 0 Å². The van der Waals surface area contributed by atoms with Crippen LogP contribution in [-0.2, 0) is 9.53 Å². The molecule has 2 rings (SSSR count). The molecule has 1 aromatic heterocycles. The Balaban J connectivity index is 1.89. The van der Waals surface area contributed by atoms with E-state index in [0.29, 0.717) is 13.0 Å². The van der Waals surface area contributed by atoms with Crippen LogP contribution in [-0.4, -0.2) is 22.7 Å². The van der Waals surface area contributed by atoms with Crippen LogP contribution in [0, 0.1) is 0 Å². The molecule has 0 fully saturated rings. The highest BCUT2D eigenvalue weighted by atomic mass is 16.5. The Morgan fingerprint density at radius 2 is 2.24 bits per heavy atom. The molecule has 0 bridgehead atoms. The normalized spacial score (nSPS) is 12.3. The van der Waals surface area contributed by atoms with E-state index in [-0.39, 0.29) is 12.4 Å². The maximum absolute atomic E-state index is 11.5. The highest BCUT2D eigenvalue weighted by molar-refractivity contribution is 5.79. The molecule has 4 nitrogen and oxygen atoms in total. The number of esters is 1. The first-order valence-corrected chi connectivity index (χ1v) is 7.39. The number of aromatic nitrogens is 1. The first kappa shape index (κ1) is 15.4. The van der Waals surface area contributed by atoms with Crippen LogP contribution in [0.25, 0.3) is 10.9 Å². The minimum absolute atomic E-state index is 0.232. The standard InChI is InChI=1S/C17H21NO3/c1-2-3-11-21-17(20)9-8-16(19)14-6-7-15-13(12-14)5-4-10-18-15/h4-7,10,12,16,19H,2-3,8-9,11H2,1H3. The van der Waals surface area contributed by atoms with Crippen molar-refractivity contribution in [2.75, 3.05) is 6.61 Å². The number of carbonyl (C=O) groups excluding carboxylic acids is 1. The van der Waals surface area contributed by atoms with Crippen molar-refractivity contribution in [2.45, 2.75) is 38.7 Å². The van der Waals surface area contributed by atoms with Gasteiger partial charge in [-0.1, -0.05) is 25.5 Å². The number of hydrogen-bond acceptors (Lipinski definition) is 4. The average molecular weight is 287 g/mol. The SMILES string of the molecule is CCCCOC(=O)CCC(O)c1ccc2ncccc2c1. The number of unbranched alkanes of at least 4 members (excludes halogenated alkanes) is 1. The third-order valence-electron chi connectivity index (χ3n) is 3.39. The van der Waals surface area contributed by atoms with Crippen molar-refractivity contribution in [3.8, 4) is 0 Å². The van der Waals surface area contributed by atoms with E-state index in [1.54, 1.807) is 6.20 Å². The van der Waals surface area contributed by atoms with E-state index in [2.05, 4.69) is 4.98 Å². The molecule has 0 spiro atoms. The van der Waals surface area contributed by atoms with Crippen molar-refractivity contribution in [3.05, 3.63) is 42.1 Å². The molecule has 1 aromatic carbocycles. The lowest BCUT2D eigenvalue weighted by Crippen LogP contribution is -2.08. The Morgan fingerprint density at radius 3 is 3.05 bits per heavy atom. The first-order chi connectivity index (χ1) is 10.2. The Hall–Kier alpha value is -1.94. The number of rotatable bonds is 7. The summed E-state index contributed by atoms with van der Waals surface area (Å²) in [6.07, 6.45) is 3.57. The summed E-state index contributed by atoms with van der Waals surface area (Å²) in [5, 5.41) is 11.2. The van der Waals surface area contributed by atoms with E-state index in [4.69, 9.17) is 4.74 Å². The fourth-order valence-electron chi connectivity index (χ4n) is 2.13. The fourth-order valence-corrected chi connectivity index (χ4v) is 2.13. The lowest BCUT2D eigenvalue weighted by atomic mass is 10.0. The van der Waals surface area contributed by atoms with Gasteiger partial charge in [0.2, 0.25) is 0 Å². The minimum Gasteiger partial charge on any atom is -0.466 e. The van der Waals surface area contributed by atoms with Gasteiger partial charge in [0, 0.05) is 18.0 Å². The van der Waals surface area contributed by atoms with Gasteiger partial charge in [-0.25, -0.2) is 0 Å². The summed E-state index contributed by atoms with van der Waals surface area (Å²) in [6.45, 7) is 2.51.